The van der Waals surface area contributed by atoms with Crippen LogP contribution in [0.2, 0.25) is 0 Å². The smallest absolute Gasteiger partial charge is 0.167 e. The molecule has 0 fully saturated rings. The van der Waals surface area contributed by atoms with E-state index in [2.05, 4.69) is 87.5 Å². The summed E-state index contributed by atoms with van der Waals surface area (Å²) in [6.07, 6.45) is 0.735. The number of aromatic nitrogens is 4. The highest BCUT2D eigenvalue weighted by atomic mass is 79.9. The molecule has 2 rings (SSSR count). The first-order chi connectivity index (χ1) is 9.09. The number of benzene rings is 1. The largest absolute Gasteiger partial charge is 0.175 e. The molecule has 0 N–H and O–H groups in total. The van der Waals surface area contributed by atoms with Crippen molar-refractivity contribution in [2.24, 2.45) is 7.05 Å². The standard InChI is InChI=1S/C12H13Br3N4/c1-19-17-11(16-18-19)6-12(7-13,8-14)9-2-4-10(15)5-3-9/h2-5H,6-8H2,1H3. The monoisotopic (exact) mass is 450 g/mol. The Morgan fingerprint density at radius 3 is 2.26 bits per heavy atom. The van der Waals surface area contributed by atoms with Gasteiger partial charge in [-0.15, -0.1) is 10.2 Å². The summed E-state index contributed by atoms with van der Waals surface area (Å²) < 4.78 is 1.08. The topological polar surface area (TPSA) is 43.6 Å². The van der Waals surface area contributed by atoms with Crippen molar-refractivity contribution in [2.45, 2.75) is 11.8 Å². The predicted molar refractivity (Wildman–Crippen MR) is 85.9 cm³/mol. The molecule has 1 aromatic carbocycles. The zero-order valence-electron chi connectivity index (χ0n) is 10.4. The number of tetrazole rings is 1. The van der Waals surface area contributed by atoms with Crippen LogP contribution in [0.5, 0.6) is 0 Å². The first-order valence-electron chi connectivity index (χ1n) is 5.70. The molecule has 1 heterocycles. The Labute approximate surface area is 137 Å². The van der Waals surface area contributed by atoms with E-state index in [1.807, 2.05) is 0 Å². The average Bonchev–Trinajstić information content (AvgIpc) is 2.82. The second-order valence-electron chi connectivity index (χ2n) is 4.43. The van der Waals surface area contributed by atoms with E-state index in [1.54, 1.807) is 7.05 Å². The van der Waals surface area contributed by atoms with E-state index in [9.17, 15) is 0 Å². The minimum Gasteiger partial charge on any atom is -0.167 e. The molecule has 4 nitrogen and oxygen atoms in total. The van der Waals surface area contributed by atoms with Gasteiger partial charge in [0.05, 0.1) is 7.05 Å². The Morgan fingerprint density at radius 1 is 1.16 bits per heavy atom. The van der Waals surface area contributed by atoms with Crippen molar-refractivity contribution >= 4 is 47.8 Å². The number of rotatable bonds is 5. The molecule has 102 valence electrons. The number of hydrogen-bond acceptors (Lipinski definition) is 3. The van der Waals surface area contributed by atoms with Gasteiger partial charge in [0, 0.05) is 27.0 Å². The number of aryl methyl sites for hydroxylation is 1. The van der Waals surface area contributed by atoms with Gasteiger partial charge in [-0.05, 0) is 22.9 Å². The molecule has 19 heavy (non-hydrogen) atoms. The Balaban J connectivity index is 2.33. The molecule has 0 aliphatic heterocycles. The van der Waals surface area contributed by atoms with Crippen molar-refractivity contribution in [3.05, 3.63) is 40.1 Å². The number of hydrogen-bond donors (Lipinski definition) is 0. The second kappa shape index (κ2) is 6.45. The van der Waals surface area contributed by atoms with Crippen molar-refractivity contribution in [3.8, 4) is 0 Å². The van der Waals surface area contributed by atoms with Gasteiger partial charge in [0.2, 0.25) is 0 Å². The lowest BCUT2D eigenvalue weighted by atomic mass is 9.81. The SMILES string of the molecule is Cn1nnc(CC(CBr)(CBr)c2ccc(Br)cc2)n1. The second-order valence-corrected chi connectivity index (χ2v) is 6.46. The van der Waals surface area contributed by atoms with Crippen molar-refractivity contribution in [3.63, 3.8) is 0 Å². The average molecular weight is 453 g/mol. The fraction of sp³-hybridized carbons (Fsp3) is 0.417. The molecule has 1 aromatic heterocycles. The first kappa shape index (κ1) is 15.1. The Bertz CT molecular complexity index is 534. The van der Waals surface area contributed by atoms with Crippen LogP contribution in [0.4, 0.5) is 0 Å². The first-order valence-corrected chi connectivity index (χ1v) is 8.74. The molecule has 7 heteroatoms. The van der Waals surface area contributed by atoms with Gasteiger partial charge in [-0.2, -0.15) is 4.80 Å². The van der Waals surface area contributed by atoms with Crippen LogP contribution in [0.15, 0.2) is 28.7 Å². The molecule has 0 saturated carbocycles. The molecular formula is C12H13Br3N4. The Kier molecular flexibility index (Phi) is 5.14. The van der Waals surface area contributed by atoms with Crippen molar-refractivity contribution in [1.82, 2.24) is 20.2 Å². The molecule has 0 unspecified atom stereocenters. The van der Waals surface area contributed by atoms with Gasteiger partial charge in [0.1, 0.15) is 0 Å². The molecule has 0 bridgehead atoms. The summed E-state index contributed by atoms with van der Waals surface area (Å²) in [5.74, 6) is 0.754. The molecule has 2 aromatic rings. The summed E-state index contributed by atoms with van der Waals surface area (Å²) >= 11 is 10.7. The summed E-state index contributed by atoms with van der Waals surface area (Å²) in [6, 6.07) is 8.37. The van der Waals surface area contributed by atoms with Crippen LogP contribution in [-0.4, -0.2) is 30.9 Å². The predicted octanol–water partition coefficient (Wildman–Crippen LogP) is 3.24. The molecule has 0 radical (unpaired) electrons. The molecule has 0 aliphatic carbocycles. The fourth-order valence-electron chi connectivity index (χ4n) is 1.89. The van der Waals surface area contributed by atoms with Gasteiger partial charge in [-0.25, -0.2) is 0 Å². The normalized spacial score (nSPS) is 11.8. The zero-order chi connectivity index (χ0) is 13.9. The third-order valence-corrected chi connectivity index (χ3v) is 5.69. The molecule has 0 amide bonds. The van der Waals surface area contributed by atoms with Crippen LogP contribution in [0.1, 0.15) is 11.4 Å². The van der Waals surface area contributed by atoms with Gasteiger partial charge in [0.25, 0.3) is 0 Å². The summed E-state index contributed by atoms with van der Waals surface area (Å²) in [5, 5.41) is 13.9. The molecule has 0 spiro atoms. The van der Waals surface area contributed by atoms with Crippen molar-refractivity contribution < 1.29 is 0 Å². The molecular weight excluding hydrogens is 440 g/mol. The van der Waals surface area contributed by atoms with Gasteiger partial charge in [-0.1, -0.05) is 59.9 Å². The Hall–Kier alpha value is -0.270. The number of nitrogens with zero attached hydrogens (tertiary/aromatic N) is 4. The van der Waals surface area contributed by atoms with Gasteiger partial charge >= 0.3 is 0 Å². The quantitative estimate of drug-likeness (QED) is 0.654. The summed E-state index contributed by atoms with van der Waals surface area (Å²) in [7, 11) is 1.78. The maximum Gasteiger partial charge on any atom is 0.175 e. The highest BCUT2D eigenvalue weighted by Crippen LogP contribution is 2.32. The number of alkyl halides is 2. The molecule has 0 saturated heterocycles. The van der Waals surface area contributed by atoms with Gasteiger partial charge in [0.15, 0.2) is 5.82 Å². The summed E-state index contributed by atoms with van der Waals surface area (Å²) in [4.78, 5) is 1.49. The lowest BCUT2D eigenvalue weighted by molar-refractivity contribution is 0.530. The Morgan fingerprint density at radius 2 is 1.79 bits per heavy atom. The summed E-state index contributed by atoms with van der Waals surface area (Å²) in [5.41, 5.74) is 1.17. The van der Waals surface area contributed by atoms with Crippen LogP contribution in [0.25, 0.3) is 0 Å². The van der Waals surface area contributed by atoms with E-state index in [1.165, 1.54) is 10.4 Å². The lowest BCUT2D eigenvalue weighted by Gasteiger charge is -2.29. The van der Waals surface area contributed by atoms with E-state index in [0.29, 0.717) is 0 Å². The molecule has 0 atom stereocenters. The highest BCUT2D eigenvalue weighted by molar-refractivity contribution is 9.10. The minimum absolute atomic E-state index is 0.0796. The fourth-order valence-corrected chi connectivity index (χ4v) is 4.12. The van der Waals surface area contributed by atoms with E-state index in [0.717, 1.165) is 27.4 Å². The number of halogens is 3. The maximum atomic E-state index is 4.28. The third kappa shape index (κ3) is 3.44. The highest BCUT2D eigenvalue weighted by Gasteiger charge is 2.32. The zero-order valence-corrected chi connectivity index (χ0v) is 15.1. The summed E-state index contributed by atoms with van der Waals surface area (Å²) in [6.45, 7) is 0. The lowest BCUT2D eigenvalue weighted by Crippen LogP contribution is -2.33. The van der Waals surface area contributed by atoms with E-state index in [4.69, 9.17) is 0 Å². The van der Waals surface area contributed by atoms with Crippen LogP contribution >= 0.6 is 47.8 Å². The van der Waals surface area contributed by atoms with E-state index in [-0.39, 0.29) is 5.41 Å². The third-order valence-electron chi connectivity index (χ3n) is 3.01. The molecule has 0 aliphatic rings. The maximum absolute atomic E-state index is 4.28. The van der Waals surface area contributed by atoms with Crippen LogP contribution < -0.4 is 0 Å². The van der Waals surface area contributed by atoms with Crippen molar-refractivity contribution in [2.75, 3.05) is 10.7 Å². The van der Waals surface area contributed by atoms with E-state index >= 15 is 0 Å². The minimum atomic E-state index is -0.0796. The van der Waals surface area contributed by atoms with Crippen molar-refractivity contribution in [1.29, 1.82) is 0 Å². The van der Waals surface area contributed by atoms with Crippen LogP contribution in [0, 0.1) is 0 Å². The van der Waals surface area contributed by atoms with Gasteiger partial charge in [-0.3, -0.25) is 0 Å². The van der Waals surface area contributed by atoms with Crippen LogP contribution in [0.3, 0.4) is 0 Å². The van der Waals surface area contributed by atoms with Gasteiger partial charge < -0.3 is 0 Å². The van der Waals surface area contributed by atoms with Crippen LogP contribution in [-0.2, 0) is 18.9 Å². The van der Waals surface area contributed by atoms with E-state index < -0.39 is 0 Å².